The second kappa shape index (κ2) is 8.52. The average molecular weight is 424 g/mol. The highest BCUT2D eigenvalue weighted by molar-refractivity contribution is 6.32. The van der Waals surface area contributed by atoms with E-state index in [1.54, 1.807) is 30.3 Å². The molecule has 0 aliphatic carbocycles. The van der Waals surface area contributed by atoms with Crippen LogP contribution in [0.25, 0.3) is 6.08 Å². The summed E-state index contributed by atoms with van der Waals surface area (Å²) in [5.41, 5.74) is 3.49. The van der Waals surface area contributed by atoms with E-state index in [2.05, 4.69) is 5.16 Å². The molecule has 29 heavy (non-hydrogen) atoms. The maximum absolute atomic E-state index is 12.1. The first-order valence-electron chi connectivity index (χ1n) is 8.83. The summed E-state index contributed by atoms with van der Waals surface area (Å²) >= 11 is 11.8. The largest absolute Gasteiger partial charge is 0.489 e. The summed E-state index contributed by atoms with van der Waals surface area (Å²) in [7, 11) is 0. The van der Waals surface area contributed by atoms with Crippen LogP contribution in [0.3, 0.4) is 0 Å². The van der Waals surface area contributed by atoms with E-state index in [0.717, 1.165) is 22.4 Å². The lowest BCUT2D eigenvalue weighted by molar-refractivity contribution is -0.136. The molecule has 6 heteroatoms. The molecule has 0 radical (unpaired) electrons. The van der Waals surface area contributed by atoms with Crippen molar-refractivity contribution in [2.75, 3.05) is 0 Å². The van der Waals surface area contributed by atoms with Crippen molar-refractivity contribution in [2.24, 2.45) is 5.16 Å². The number of hydrogen-bond acceptors (Lipinski definition) is 4. The van der Waals surface area contributed by atoms with Gasteiger partial charge in [0.05, 0.1) is 5.57 Å². The molecule has 0 aromatic heterocycles. The lowest BCUT2D eigenvalue weighted by Gasteiger charge is -2.07. The van der Waals surface area contributed by atoms with Gasteiger partial charge in [-0.25, -0.2) is 4.79 Å². The predicted octanol–water partition coefficient (Wildman–Crippen LogP) is 5.92. The van der Waals surface area contributed by atoms with Crippen LogP contribution >= 0.6 is 23.2 Å². The third-order valence-electron chi connectivity index (χ3n) is 4.32. The maximum Gasteiger partial charge on any atom is 0.368 e. The molecule has 0 N–H and O–H groups in total. The molecule has 0 atom stereocenters. The highest BCUT2D eigenvalue weighted by atomic mass is 35.5. The smallest absolute Gasteiger partial charge is 0.368 e. The molecule has 144 valence electrons. The van der Waals surface area contributed by atoms with E-state index in [1.165, 1.54) is 0 Å². The number of carbonyl (C=O) groups is 1. The van der Waals surface area contributed by atoms with Crippen molar-refractivity contribution in [3.05, 3.63) is 105 Å². The third kappa shape index (κ3) is 4.67. The van der Waals surface area contributed by atoms with Gasteiger partial charge in [-0.2, -0.15) is 0 Å². The normalized spacial score (nSPS) is 14.6. The van der Waals surface area contributed by atoms with Crippen molar-refractivity contribution >= 4 is 41.0 Å². The van der Waals surface area contributed by atoms with Gasteiger partial charge >= 0.3 is 5.97 Å². The van der Waals surface area contributed by atoms with Crippen molar-refractivity contribution < 1.29 is 14.4 Å². The van der Waals surface area contributed by atoms with E-state index < -0.39 is 5.97 Å². The Hall–Kier alpha value is -3.08. The zero-order valence-electron chi connectivity index (χ0n) is 15.1. The van der Waals surface area contributed by atoms with Crippen LogP contribution in [0.2, 0.25) is 10.0 Å². The number of benzene rings is 3. The van der Waals surface area contributed by atoms with Crippen LogP contribution in [0.15, 0.2) is 83.5 Å². The van der Waals surface area contributed by atoms with Gasteiger partial charge in [-0.1, -0.05) is 64.8 Å². The van der Waals surface area contributed by atoms with Gasteiger partial charge in [-0.15, -0.1) is 0 Å². The Labute approximate surface area is 178 Å². The number of hydrogen-bond donors (Lipinski definition) is 0. The average Bonchev–Trinajstić information content (AvgIpc) is 3.09. The minimum atomic E-state index is -0.488. The minimum absolute atomic E-state index is 0.391. The summed E-state index contributed by atoms with van der Waals surface area (Å²) in [5, 5.41) is 5.21. The van der Waals surface area contributed by atoms with Crippen LogP contribution in [-0.2, 0) is 16.2 Å². The monoisotopic (exact) mass is 423 g/mol. The molecule has 0 unspecified atom stereocenters. The molecule has 0 fully saturated rings. The molecule has 3 aromatic rings. The highest BCUT2D eigenvalue weighted by Crippen LogP contribution is 2.23. The van der Waals surface area contributed by atoms with Gasteiger partial charge in [0.15, 0.2) is 0 Å². The number of nitrogens with zero attached hydrogens (tertiary/aromatic N) is 1. The van der Waals surface area contributed by atoms with Crippen LogP contribution in [0.5, 0.6) is 5.75 Å². The molecule has 4 nitrogen and oxygen atoms in total. The van der Waals surface area contributed by atoms with Gasteiger partial charge in [0, 0.05) is 15.6 Å². The summed E-state index contributed by atoms with van der Waals surface area (Å²) in [4.78, 5) is 17.0. The molecule has 3 aromatic carbocycles. The molecule has 0 spiro atoms. The molecule has 1 aliphatic rings. The lowest BCUT2D eigenvalue weighted by atomic mass is 10.0. The van der Waals surface area contributed by atoms with Gasteiger partial charge in [-0.05, 0) is 53.6 Å². The second-order valence-electron chi connectivity index (χ2n) is 6.37. The first kappa shape index (κ1) is 19.2. The fraction of sp³-hybridized carbons (Fsp3) is 0.0435. The standard InChI is InChI=1S/C23H15Cl2NO3/c24-18-7-1-16(2-8-18)14-28-20-11-3-15(4-12-20)13-21-22(26-29-23(21)27)17-5-9-19(25)10-6-17/h1-13H,14H2/b21-13+. The van der Waals surface area contributed by atoms with Crippen molar-refractivity contribution in [1.82, 2.24) is 0 Å². The first-order valence-corrected chi connectivity index (χ1v) is 9.59. The SMILES string of the molecule is O=C1ON=C(c2ccc(Cl)cc2)/C1=C\c1ccc(OCc2ccc(Cl)cc2)cc1. The van der Waals surface area contributed by atoms with Crippen molar-refractivity contribution in [3.63, 3.8) is 0 Å². The zero-order valence-corrected chi connectivity index (χ0v) is 16.7. The number of carbonyl (C=O) groups excluding carboxylic acids is 1. The van der Waals surface area contributed by atoms with E-state index in [1.807, 2.05) is 48.5 Å². The summed E-state index contributed by atoms with van der Waals surface area (Å²) in [5.74, 6) is 0.237. The number of ether oxygens (including phenoxy) is 1. The van der Waals surface area contributed by atoms with Crippen LogP contribution in [-0.4, -0.2) is 11.7 Å². The Bertz CT molecular complexity index is 1090. The maximum atomic E-state index is 12.1. The predicted molar refractivity (Wildman–Crippen MR) is 114 cm³/mol. The second-order valence-corrected chi connectivity index (χ2v) is 7.24. The Morgan fingerprint density at radius 1 is 0.862 bits per heavy atom. The first-order chi connectivity index (χ1) is 14.1. The molecule has 1 aliphatic heterocycles. The van der Waals surface area contributed by atoms with Crippen molar-refractivity contribution in [2.45, 2.75) is 6.61 Å². The van der Waals surface area contributed by atoms with E-state index in [0.29, 0.717) is 27.9 Å². The Kier molecular flexibility index (Phi) is 5.65. The van der Waals surface area contributed by atoms with Crippen LogP contribution in [0.1, 0.15) is 16.7 Å². The van der Waals surface area contributed by atoms with Crippen LogP contribution in [0, 0.1) is 0 Å². The van der Waals surface area contributed by atoms with Crippen LogP contribution < -0.4 is 4.74 Å². The molecule has 0 bridgehead atoms. The van der Waals surface area contributed by atoms with Gasteiger partial charge in [-0.3, -0.25) is 0 Å². The Morgan fingerprint density at radius 2 is 1.48 bits per heavy atom. The van der Waals surface area contributed by atoms with Gasteiger partial charge < -0.3 is 9.57 Å². The van der Waals surface area contributed by atoms with E-state index in [-0.39, 0.29) is 0 Å². The topological polar surface area (TPSA) is 47.9 Å². The zero-order chi connectivity index (χ0) is 20.2. The van der Waals surface area contributed by atoms with Crippen LogP contribution in [0.4, 0.5) is 0 Å². The molecule has 0 amide bonds. The molecule has 1 heterocycles. The summed E-state index contributed by atoms with van der Waals surface area (Å²) in [6.07, 6.45) is 1.74. The lowest BCUT2D eigenvalue weighted by Crippen LogP contribution is -2.06. The molecule has 0 saturated heterocycles. The molecule has 0 saturated carbocycles. The molecule has 4 rings (SSSR count). The fourth-order valence-electron chi connectivity index (χ4n) is 2.80. The van der Waals surface area contributed by atoms with Gasteiger partial charge in [0.2, 0.25) is 0 Å². The number of halogens is 2. The highest BCUT2D eigenvalue weighted by Gasteiger charge is 2.26. The number of rotatable bonds is 5. The number of oxime groups is 1. The Morgan fingerprint density at radius 3 is 2.14 bits per heavy atom. The van der Waals surface area contributed by atoms with E-state index in [4.69, 9.17) is 32.8 Å². The third-order valence-corrected chi connectivity index (χ3v) is 4.83. The summed E-state index contributed by atoms with van der Waals surface area (Å²) < 4.78 is 5.79. The summed E-state index contributed by atoms with van der Waals surface area (Å²) in [6.45, 7) is 0.442. The minimum Gasteiger partial charge on any atom is -0.489 e. The van der Waals surface area contributed by atoms with Gasteiger partial charge in [0.25, 0.3) is 0 Å². The van der Waals surface area contributed by atoms with Crippen molar-refractivity contribution in [3.8, 4) is 5.75 Å². The van der Waals surface area contributed by atoms with E-state index in [9.17, 15) is 4.79 Å². The molecular formula is C23H15Cl2NO3. The van der Waals surface area contributed by atoms with Crippen molar-refractivity contribution in [1.29, 1.82) is 0 Å². The van der Waals surface area contributed by atoms with Gasteiger partial charge in [0.1, 0.15) is 18.1 Å². The Balaban J connectivity index is 1.48. The van der Waals surface area contributed by atoms with E-state index >= 15 is 0 Å². The molecular weight excluding hydrogens is 409 g/mol. The fourth-order valence-corrected chi connectivity index (χ4v) is 3.05. The summed E-state index contributed by atoms with van der Waals surface area (Å²) in [6, 6.07) is 22.0. The quantitative estimate of drug-likeness (QED) is 0.378.